The molecular formula is C22H22ClN3O2S. The second-order valence-corrected chi connectivity index (χ2v) is 8.73. The average Bonchev–Trinajstić information content (AvgIpc) is 3.48. The summed E-state index contributed by atoms with van der Waals surface area (Å²) in [5.74, 6) is 0.452. The first-order chi connectivity index (χ1) is 14.1. The zero-order valence-electron chi connectivity index (χ0n) is 16.3. The fourth-order valence-corrected chi connectivity index (χ4v) is 4.29. The van der Waals surface area contributed by atoms with E-state index in [0.717, 1.165) is 29.3 Å². The Morgan fingerprint density at radius 2 is 2.03 bits per heavy atom. The molecule has 29 heavy (non-hydrogen) atoms. The van der Waals surface area contributed by atoms with E-state index in [-0.39, 0.29) is 11.2 Å². The summed E-state index contributed by atoms with van der Waals surface area (Å²) in [4.78, 5) is 17.4. The van der Waals surface area contributed by atoms with Crippen LogP contribution in [0, 0.1) is 0 Å². The first kappa shape index (κ1) is 19.9. The highest BCUT2D eigenvalue weighted by Gasteiger charge is 2.30. The van der Waals surface area contributed by atoms with Crippen LogP contribution in [-0.2, 0) is 4.79 Å². The summed E-state index contributed by atoms with van der Waals surface area (Å²) in [5.41, 5.74) is 2.80. The molecule has 3 aromatic rings. The minimum absolute atomic E-state index is 0.123. The van der Waals surface area contributed by atoms with Crippen molar-refractivity contribution in [2.45, 2.75) is 36.2 Å². The van der Waals surface area contributed by atoms with Crippen molar-refractivity contribution < 1.29 is 9.53 Å². The van der Waals surface area contributed by atoms with Gasteiger partial charge in [-0.25, -0.2) is 4.98 Å². The van der Waals surface area contributed by atoms with E-state index in [2.05, 4.69) is 27.0 Å². The molecule has 1 aliphatic carbocycles. The van der Waals surface area contributed by atoms with Crippen LogP contribution in [-0.4, -0.2) is 27.8 Å². The number of rotatable bonds is 7. The van der Waals surface area contributed by atoms with Crippen LogP contribution in [0.1, 0.15) is 25.8 Å². The van der Waals surface area contributed by atoms with Crippen LogP contribution >= 0.6 is 23.4 Å². The highest BCUT2D eigenvalue weighted by molar-refractivity contribution is 8.00. The molecule has 1 amide bonds. The smallest absolute Gasteiger partial charge is 0.237 e. The van der Waals surface area contributed by atoms with Crippen molar-refractivity contribution in [1.82, 2.24) is 9.55 Å². The number of carbonyl (C=O) groups excluding carboxylic acids is 1. The summed E-state index contributed by atoms with van der Waals surface area (Å²) in [6, 6.07) is 15.9. The van der Waals surface area contributed by atoms with E-state index in [1.54, 1.807) is 25.3 Å². The fraction of sp³-hybridized carbons (Fsp3) is 0.273. The maximum atomic E-state index is 12.8. The Balaban J connectivity index is 1.53. The molecule has 1 N–H and O–H groups in total. The summed E-state index contributed by atoms with van der Waals surface area (Å²) >= 11 is 7.53. The van der Waals surface area contributed by atoms with Gasteiger partial charge in [0.25, 0.3) is 0 Å². The Morgan fingerprint density at radius 3 is 2.72 bits per heavy atom. The van der Waals surface area contributed by atoms with Crippen LogP contribution in [0.5, 0.6) is 5.75 Å². The number of nitrogens with zero attached hydrogens (tertiary/aromatic N) is 2. The Morgan fingerprint density at radius 1 is 1.28 bits per heavy atom. The third kappa shape index (κ3) is 4.43. The number of benzene rings is 2. The van der Waals surface area contributed by atoms with Crippen LogP contribution in [0.2, 0.25) is 5.02 Å². The maximum absolute atomic E-state index is 12.8. The number of nitrogens with one attached hydrogen (secondary N) is 1. The van der Waals surface area contributed by atoms with Gasteiger partial charge in [-0.1, -0.05) is 53.7 Å². The van der Waals surface area contributed by atoms with Crippen LogP contribution in [0.4, 0.5) is 5.69 Å². The van der Waals surface area contributed by atoms with Crippen molar-refractivity contribution in [2.75, 3.05) is 12.4 Å². The van der Waals surface area contributed by atoms with Gasteiger partial charge in [-0.3, -0.25) is 4.79 Å². The van der Waals surface area contributed by atoms with Crippen molar-refractivity contribution in [2.24, 2.45) is 0 Å². The molecule has 2 aromatic carbocycles. The Hall–Kier alpha value is -2.44. The lowest BCUT2D eigenvalue weighted by Crippen LogP contribution is -2.23. The van der Waals surface area contributed by atoms with Gasteiger partial charge in [0.15, 0.2) is 5.16 Å². The number of halogens is 1. The van der Waals surface area contributed by atoms with Gasteiger partial charge in [-0.15, -0.1) is 0 Å². The molecule has 0 saturated heterocycles. The van der Waals surface area contributed by atoms with Gasteiger partial charge in [0.05, 0.1) is 29.9 Å². The molecule has 150 valence electrons. The quantitative estimate of drug-likeness (QED) is 0.494. The zero-order chi connectivity index (χ0) is 20.4. The van der Waals surface area contributed by atoms with E-state index in [4.69, 9.17) is 16.3 Å². The number of anilines is 1. The molecule has 1 atom stereocenters. The first-order valence-electron chi connectivity index (χ1n) is 9.50. The van der Waals surface area contributed by atoms with Crippen molar-refractivity contribution in [3.8, 4) is 17.0 Å². The SMILES string of the molecule is COc1ccc(Cl)cc1NC(=O)C(C)Sc1ncc(-c2ccccc2)n1C1CC1. The molecule has 0 bridgehead atoms. The van der Waals surface area contributed by atoms with Gasteiger partial charge in [0, 0.05) is 11.1 Å². The maximum Gasteiger partial charge on any atom is 0.237 e. The molecule has 7 heteroatoms. The Kier molecular flexibility index (Phi) is 5.83. The molecule has 4 rings (SSSR count). The normalized spacial score (nSPS) is 14.4. The molecule has 0 radical (unpaired) electrons. The number of ether oxygens (including phenoxy) is 1. The summed E-state index contributed by atoms with van der Waals surface area (Å²) in [6.45, 7) is 1.88. The topological polar surface area (TPSA) is 56.1 Å². The van der Waals surface area contributed by atoms with Gasteiger partial charge in [-0.05, 0) is 43.5 Å². The van der Waals surface area contributed by atoms with Crippen molar-refractivity contribution in [3.63, 3.8) is 0 Å². The van der Waals surface area contributed by atoms with Crippen molar-refractivity contribution in [1.29, 1.82) is 0 Å². The number of hydrogen-bond donors (Lipinski definition) is 1. The standard InChI is InChI=1S/C22H22ClN3O2S/c1-14(21(27)25-18-12-16(23)8-11-20(18)28-2)29-22-24-13-19(26(22)17-9-10-17)15-6-4-3-5-7-15/h3-8,11-14,17H,9-10H2,1-2H3,(H,25,27). The van der Waals surface area contributed by atoms with E-state index < -0.39 is 0 Å². The number of thioether (sulfide) groups is 1. The molecular weight excluding hydrogens is 406 g/mol. The van der Waals surface area contributed by atoms with Crippen molar-refractivity contribution in [3.05, 3.63) is 59.8 Å². The van der Waals surface area contributed by atoms with Crippen LogP contribution < -0.4 is 10.1 Å². The second-order valence-electron chi connectivity index (χ2n) is 6.99. The molecule has 1 aliphatic rings. The lowest BCUT2D eigenvalue weighted by atomic mass is 10.2. The molecule has 1 unspecified atom stereocenters. The highest BCUT2D eigenvalue weighted by Crippen LogP contribution is 2.42. The minimum atomic E-state index is -0.331. The Bertz CT molecular complexity index is 1020. The van der Waals surface area contributed by atoms with E-state index in [0.29, 0.717) is 22.5 Å². The van der Waals surface area contributed by atoms with Crippen LogP contribution in [0.25, 0.3) is 11.3 Å². The summed E-state index contributed by atoms with van der Waals surface area (Å²) in [5, 5.41) is 4.00. The first-order valence-corrected chi connectivity index (χ1v) is 10.8. The number of methoxy groups -OCH3 is 1. The molecule has 1 saturated carbocycles. The summed E-state index contributed by atoms with van der Waals surface area (Å²) in [6.07, 6.45) is 4.19. The van der Waals surface area contributed by atoms with Gasteiger partial charge >= 0.3 is 0 Å². The van der Waals surface area contributed by atoms with E-state index in [1.165, 1.54) is 11.8 Å². The van der Waals surface area contributed by atoms with Gasteiger partial charge in [0.2, 0.25) is 5.91 Å². The molecule has 1 aromatic heterocycles. The van der Waals surface area contributed by atoms with Gasteiger partial charge in [0.1, 0.15) is 5.75 Å². The third-order valence-electron chi connectivity index (χ3n) is 4.82. The summed E-state index contributed by atoms with van der Waals surface area (Å²) in [7, 11) is 1.56. The van der Waals surface area contributed by atoms with E-state index in [1.807, 2.05) is 31.3 Å². The Labute approximate surface area is 179 Å². The average molecular weight is 428 g/mol. The number of hydrogen-bond acceptors (Lipinski definition) is 4. The molecule has 0 aliphatic heterocycles. The predicted octanol–water partition coefficient (Wildman–Crippen LogP) is 5.67. The highest BCUT2D eigenvalue weighted by atomic mass is 35.5. The molecule has 0 spiro atoms. The molecule has 1 heterocycles. The molecule has 5 nitrogen and oxygen atoms in total. The summed E-state index contributed by atoms with van der Waals surface area (Å²) < 4.78 is 7.58. The fourth-order valence-electron chi connectivity index (χ4n) is 3.16. The lowest BCUT2D eigenvalue weighted by Gasteiger charge is -2.16. The monoisotopic (exact) mass is 427 g/mol. The second kappa shape index (κ2) is 8.51. The van der Waals surface area contributed by atoms with Crippen LogP contribution in [0.3, 0.4) is 0 Å². The van der Waals surface area contributed by atoms with Crippen LogP contribution in [0.15, 0.2) is 59.9 Å². The minimum Gasteiger partial charge on any atom is -0.495 e. The van der Waals surface area contributed by atoms with E-state index >= 15 is 0 Å². The van der Waals surface area contributed by atoms with Gasteiger partial charge in [-0.2, -0.15) is 0 Å². The number of aromatic nitrogens is 2. The largest absolute Gasteiger partial charge is 0.495 e. The number of carbonyl (C=O) groups is 1. The van der Waals surface area contributed by atoms with Crippen molar-refractivity contribution >= 4 is 35.0 Å². The van der Waals surface area contributed by atoms with Gasteiger partial charge < -0.3 is 14.6 Å². The van der Waals surface area contributed by atoms with E-state index in [9.17, 15) is 4.79 Å². The number of imidazole rings is 1. The predicted molar refractivity (Wildman–Crippen MR) is 118 cm³/mol. The zero-order valence-corrected chi connectivity index (χ0v) is 17.8. The number of amides is 1. The lowest BCUT2D eigenvalue weighted by molar-refractivity contribution is -0.115. The third-order valence-corrected chi connectivity index (χ3v) is 6.13. The molecule has 1 fully saturated rings.